The van der Waals surface area contributed by atoms with Crippen LogP contribution in [0.15, 0.2) is 17.0 Å². The monoisotopic (exact) mass is 303 g/mol. The van der Waals surface area contributed by atoms with E-state index in [1.165, 1.54) is 11.2 Å². The van der Waals surface area contributed by atoms with Crippen LogP contribution in [0.5, 0.6) is 0 Å². The molecule has 1 aromatic rings. The van der Waals surface area contributed by atoms with Crippen molar-refractivity contribution < 1.29 is 22.7 Å². The normalized spacial score (nSPS) is 11.8. The average Bonchev–Trinajstić information content (AvgIpc) is 2.38. The Balaban J connectivity index is 3.43. The van der Waals surface area contributed by atoms with Crippen molar-refractivity contribution in [2.24, 2.45) is 0 Å². The van der Waals surface area contributed by atoms with Gasteiger partial charge in [-0.15, -0.1) is 0 Å². The zero-order valence-electron chi connectivity index (χ0n) is 11.7. The molecule has 0 unspecified atom stereocenters. The molecule has 112 valence electrons. The predicted molar refractivity (Wildman–Crippen MR) is 72.8 cm³/mol. The van der Waals surface area contributed by atoms with Gasteiger partial charge in [-0.05, 0) is 31.0 Å². The first kappa shape index (κ1) is 16.6. The van der Waals surface area contributed by atoms with E-state index in [1.54, 1.807) is 6.92 Å². The molecule has 0 fully saturated rings. The number of aromatic carboxylic acids is 1. The Kier molecular flexibility index (Phi) is 5.24. The molecule has 0 aromatic heterocycles. The number of rotatable bonds is 6. The van der Waals surface area contributed by atoms with Crippen LogP contribution in [-0.4, -0.2) is 36.9 Å². The topological polar surface area (TPSA) is 74.7 Å². The second-order valence-corrected chi connectivity index (χ2v) is 6.34. The molecular formula is C13H18FNO4S. The Bertz CT molecular complexity index is 613. The smallest absolute Gasteiger partial charge is 0.338 e. The molecule has 0 radical (unpaired) electrons. The van der Waals surface area contributed by atoms with Crippen LogP contribution in [0.4, 0.5) is 4.39 Å². The van der Waals surface area contributed by atoms with Crippen LogP contribution >= 0.6 is 0 Å². The summed E-state index contributed by atoms with van der Waals surface area (Å²) in [5, 5.41) is 8.93. The first-order chi connectivity index (χ1) is 9.25. The molecule has 1 aromatic carbocycles. The molecule has 0 heterocycles. The van der Waals surface area contributed by atoms with E-state index in [0.717, 1.165) is 12.1 Å². The number of aryl methyl sites for hydroxylation is 1. The summed E-state index contributed by atoms with van der Waals surface area (Å²) in [7, 11) is -3.81. The van der Waals surface area contributed by atoms with Crippen molar-refractivity contribution in [2.45, 2.75) is 32.1 Å². The van der Waals surface area contributed by atoms with Crippen LogP contribution in [0.2, 0.25) is 0 Å². The third kappa shape index (κ3) is 3.16. The Morgan fingerprint density at radius 1 is 1.35 bits per heavy atom. The third-order valence-electron chi connectivity index (χ3n) is 2.92. The van der Waals surface area contributed by atoms with Gasteiger partial charge in [0.15, 0.2) is 0 Å². The summed E-state index contributed by atoms with van der Waals surface area (Å²) in [6, 6.07) is 2.04. The molecule has 1 N–H and O–H groups in total. The van der Waals surface area contributed by atoms with Crippen molar-refractivity contribution in [3.63, 3.8) is 0 Å². The summed E-state index contributed by atoms with van der Waals surface area (Å²) in [6.07, 6.45) is 0.638. The van der Waals surface area contributed by atoms with Gasteiger partial charge in [0.05, 0.1) is 10.5 Å². The van der Waals surface area contributed by atoms with Gasteiger partial charge in [-0.3, -0.25) is 0 Å². The lowest BCUT2D eigenvalue weighted by Crippen LogP contribution is -2.31. The number of carboxylic acids is 1. The number of carboxylic acid groups (broad SMARTS) is 1. The lowest BCUT2D eigenvalue weighted by Gasteiger charge is -2.20. The number of halogens is 1. The third-order valence-corrected chi connectivity index (χ3v) is 4.87. The van der Waals surface area contributed by atoms with Crippen LogP contribution in [0, 0.1) is 12.7 Å². The van der Waals surface area contributed by atoms with Gasteiger partial charge in [0.1, 0.15) is 5.82 Å². The lowest BCUT2D eigenvalue weighted by molar-refractivity contribution is 0.0691. The molecule has 1 rings (SSSR count). The van der Waals surface area contributed by atoms with Crippen molar-refractivity contribution in [2.75, 3.05) is 13.1 Å². The van der Waals surface area contributed by atoms with Crippen LogP contribution in [0.3, 0.4) is 0 Å². The Hall–Kier alpha value is -1.47. The lowest BCUT2D eigenvalue weighted by atomic mass is 10.1. The van der Waals surface area contributed by atoms with Crippen molar-refractivity contribution in [3.8, 4) is 0 Å². The van der Waals surface area contributed by atoms with Crippen LogP contribution in [-0.2, 0) is 10.0 Å². The van der Waals surface area contributed by atoms with Gasteiger partial charge in [-0.25, -0.2) is 17.6 Å². The maximum absolute atomic E-state index is 13.7. The number of hydrogen-bond donors (Lipinski definition) is 1. The Morgan fingerprint density at radius 2 is 1.95 bits per heavy atom. The van der Waals surface area contributed by atoms with Gasteiger partial charge < -0.3 is 5.11 Å². The number of hydrogen-bond acceptors (Lipinski definition) is 3. The zero-order valence-corrected chi connectivity index (χ0v) is 12.5. The molecule has 0 atom stereocenters. The molecule has 0 saturated carbocycles. The molecule has 0 spiro atoms. The summed E-state index contributed by atoms with van der Waals surface area (Å²) in [5.74, 6) is -2.39. The van der Waals surface area contributed by atoms with E-state index in [-0.39, 0.29) is 17.0 Å². The highest BCUT2D eigenvalue weighted by Gasteiger charge is 2.25. The fourth-order valence-corrected chi connectivity index (χ4v) is 3.54. The molecule has 0 aliphatic heterocycles. The minimum atomic E-state index is -3.81. The van der Waals surface area contributed by atoms with E-state index in [2.05, 4.69) is 0 Å². The van der Waals surface area contributed by atoms with Crippen LogP contribution in [0.25, 0.3) is 0 Å². The van der Waals surface area contributed by atoms with Gasteiger partial charge in [0.2, 0.25) is 10.0 Å². The molecule has 0 bridgehead atoms. The first-order valence-corrected chi connectivity index (χ1v) is 7.73. The maximum Gasteiger partial charge on any atom is 0.338 e. The molecule has 0 aliphatic carbocycles. The summed E-state index contributed by atoms with van der Waals surface area (Å²) in [5.41, 5.74) is -0.632. The molecule has 0 amide bonds. The first-order valence-electron chi connectivity index (χ1n) is 6.29. The van der Waals surface area contributed by atoms with Crippen LogP contribution < -0.4 is 0 Å². The van der Waals surface area contributed by atoms with E-state index in [4.69, 9.17) is 5.11 Å². The number of carbonyl (C=O) groups is 1. The molecule has 20 heavy (non-hydrogen) atoms. The van der Waals surface area contributed by atoms with E-state index in [9.17, 15) is 17.6 Å². The van der Waals surface area contributed by atoms with Gasteiger partial charge in [0, 0.05) is 13.1 Å². The number of nitrogens with zero attached hydrogens (tertiary/aromatic N) is 1. The molecule has 7 heteroatoms. The van der Waals surface area contributed by atoms with E-state index >= 15 is 0 Å². The van der Waals surface area contributed by atoms with Gasteiger partial charge in [-0.1, -0.05) is 13.8 Å². The van der Waals surface area contributed by atoms with E-state index in [0.29, 0.717) is 13.0 Å². The van der Waals surface area contributed by atoms with Crippen molar-refractivity contribution in [1.29, 1.82) is 0 Å². The quantitative estimate of drug-likeness (QED) is 0.874. The van der Waals surface area contributed by atoms with Crippen molar-refractivity contribution in [3.05, 3.63) is 29.1 Å². The fraction of sp³-hybridized carbons (Fsp3) is 0.462. The maximum atomic E-state index is 13.7. The predicted octanol–water partition coefficient (Wildman–Crippen LogP) is 2.25. The Labute approximate surface area is 118 Å². The van der Waals surface area contributed by atoms with E-state index < -0.39 is 27.4 Å². The average molecular weight is 303 g/mol. The second kappa shape index (κ2) is 6.32. The molecule has 0 saturated heterocycles. The van der Waals surface area contributed by atoms with Crippen LogP contribution in [0.1, 0.15) is 36.2 Å². The summed E-state index contributed by atoms with van der Waals surface area (Å²) >= 11 is 0. The number of sulfonamides is 1. The molecule has 5 nitrogen and oxygen atoms in total. The largest absolute Gasteiger partial charge is 0.478 e. The summed E-state index contributed by atoms with van der Waals surface area (Å²) in [6.45, 7) is 5.49. The van der Waals surface area contributed by atoms with Gasteiger partial charge in [-0.2, -0.15) is 4.31 Å². The van der Waals surface area contributed by atoms with Gasteiger partial charge in [0.25, 0.3) is 0 Å². The van der Waals surface area contributed by atoms with Gasteiger partial charge >= 0.3 is 5.97 Å². The van der Waals surface area contributed by atoms with E-state index in [1.807, 2.05) is 6.92 Å². The SMILES string of the molecule is CCCN(CC)S(=O)(=O)c1cc(C)c(F)c(C(=O)O)c1. The summed E-state index contributed by atoms with van der Waals surface area (Å²) in [4.78, 5) is 10.8. The zero-order chi connectivity index (χ0) is 15.5. The number of benzene rings is 1. The highest BCUT2D eigenvalue weighted by Crippen LogP contribution is 2.22. The minimum Gasteiger partial charge on any atom is -0.478 e. The van der Waals surface area contributed by atoms with Crippen molar-refractivity contribution in [1.82, 2.24) is 4.31 Å². The van der Waals surface area contributed by atoms with Crippen molar-refractivity contribution >= 4 is 16.0 Å². The Morgan fingerprint density at radius 3 is 2.40 bits per heavy atom. The standard InChI is InChI=1S/C13H18FNO4S/c1-4-6-15(5-2)20(18,19)10-7-9(3)12(14)11(8-10)13(16)17/h7-8H,4-6H2,1-3H3,(H,16,17). The minimum absolute atomic E-state index is 0.00368. The summed E-state index contributed by atoms with van der Waals surface area (Å²) < 4.78 is 39.7. The fourth-order valence-electron chi connectivity index (χ4n) is 1.89. The molecule has 0 aliphatic rings. The highest BCUT2D eigenvalue weighted by molar-refractivity contribution is 7.89. The molecular weight excluding hydrogens is 285 g/mol. The highest BCUT2D eigenvalue weighted by atomic mass is 32.2. The second-order valence-electron chi connectivity index (χ2n) is 4.40.